The fraction of sp³-hybridized carbons (Fsp3) is 0.214. The number of nitrogen functional groups attached to an aromatic ring is 1. The Morgan fingerprint density at radius 3 is 2.57 bits per heavy atom. The van der Waals surface area contributed by atoms with Crippen molar-refractivity contribution in [2.75, 3.05) is 11.5 Å². The maximum absolute atomic E-state index is 12.5. The number of anilines is 1. The van der Waals surface area contributed by atoms with E-state index in [1.807, 2.05) is 6.07 Å². The van der Waals surface area contributed by atoms with Crippen molar-refractivity contribution in [1.82, 2.24) is 4.98 Å². The third-order valence-electron chi connectivity index (χ3n) is 2.88. The van der Waals surface area contributed by atoms with E-state index in [2.05, 4.69) is 4.98 Å². The van der Waals surface area contributed by atoms with Crippen molar-refractivity contribution in [2.24, 2.45) is 0 Å². The monoisotopic (exact) mass is 314 g/mol. The highest BCUT2D eigenvalue weighted by molar-refractivity contribution is 7.85. The molecule has 2 N–H and O–H groups in total. The predicted octanol–water partition coefficient (Wildman–Crippen LogP) is 3.03. The van der Waals surface area contributed by atoms with Crippen molar-refractivity contribution >= 4 is 16.5 Å². The summed E-state index contributed by atoms with van der Waals surface area (Å²) in [7, 11) is -1.45. The first-order valence-corrected chi connectivity index (χ1v) is 7.44. The molecule has 0 radical (unpaired) electrons. The molecule has 0 aliphatic heterocycles. The van der Waals surface area contributed by atoms with E-state index < -0.39 is 22.5 Å². The van der Waals surface area contributed by atoms with Crippen LogP contribution < -0.4 is 5.73 Å². The van der Waals surface area contributed by atoms with Crippen LogP contribution in [0.3, 0.4) is 0 Å². The summed E-state index contributed by atoms with van der Waals surface area (Å²) in [6.45, 7) is 0. The second-order valence-electron chi connectivity index (χ2n) is 4.41. The van der Waals surface area contributed by atoms with Crippen LogP contribution in [0.4, 0.5) is 18.9 Å². The minimum absolute atomic E-state index is 0.102. The normalized spacial score (nSPS) is 13.1. The molecule has 1 atom stereocenters. The molecule has 7 heteroatoms. The fourth-order valence-electron chi connectivity index (χ4n) is 1.80. The Hall–Kier alpha value is -1.89. The highest BCUT2D eigenvalue weighted by atomic mass is 32.2. The first-order valence-electron chi connectivity index (χ1n) is 6.12. The van der Waals surface area contributed by atoms with Gasteiger partial charge >= 0.3 is 6.18 Å². The number of nitrogens with zero attached hydrogens (tertiary/aromatic N) is 1. The lowest BCUT2D eigenvalue weighted by Crippen LogP contribution is -2.09. The van der Waals surface area contributed by atoms with Crippen molar-refractivity contribution in [1.29, 1.82) is 0 Å². The van der Waals surface area contributed by atoms with Crippen LogP contribution in [0.5, 0.6) is 0 Å². The van der Waals surface area contributed by atoms with Gasteiger partial charge in [-0.1, -0.05) is 6.07 Å². The molecule has 21 heavy (non-hydrogen) atoms. The molecule has 3 nitrogen and oxygen atoms in total. The molecule has 1 aromatic heterocycles. The SMILES string of the molecule is Nc1cc(C(F)(F)F)ccc1S(=O)CCc1cccnc1. The number of alkyl halides is 3. The third kappa shape index (κ3) is 4.04. The largest absolute Gasteiger partial charge is 0.416 e. The maximum atomic E-state index is 12.5. The smallest absolute Gasteiger partial charge is 0.398 e. The Morgan fingerprint density at radius 2 is 2.00 bits per heavy atom. The van der Waals surface area contributed by atoms with Crippen LogP contribution in [0.1, 0.15) is 11.1 Å². The molecule has 0 saturated heterocycles. The van der Waals surface area contributed by atoms with E-state index in [9.17, 15) is 17.4 Å². The maximum Gasteiger partial charge on any atom is 0.416 e. The number of pyridine rings is 1. The molecule has 0 aliphatic rings. The van der Waals surface area contributed by atoms with E-state index in [0.717, 1.165) is 17.7 Å². The van der Waals surface area contributed by atoms with Crippen molar-refractivity contribution in [3.8, 4) is 0 Å². The van der Waals surface area contributed by atoms with Crippen molar-refractivity contribution in [3.63, 3.8) is 0 Å². The summed E-state index contributed by atoms with van der Waals surface area (Å²) in [5.74, 6) is 0.279. The highest BCUT2D eigenvalue weighted by Crippen LogP contribution is 2.32. The van der Waals surface area contributed by atoms with Crippen LogP contribution in [-0.4, -0.2) is 14.9 Å². The molecular formula is C14H13F3N2OS. The zero-order chi connectivity index (χ0) is 15.5. The van der Waals surface area contributed by atoms with Gasteiger partial charge in [-0.2, -0.15) is 13.2 Å². The number of halogens is 3. The third-order valence-corrected chi connectivity index (χ3v) is 4.32. The van der Waals surface area contributed by atoms with E-state index in [4.69, 9.17) is 5.73 Å². The first-order chi connectivity index (χ1) is 9.88. The Balaban J connectivity index is 2.09. The van der Waals surface area contributed by atoms with Gasteiger partial charge in [-0.25, -0.2) is 0 Å². The Labute approximate surface area is 122 Å². The van der Waals surface area contributed by atoms with Gasteiger partial charge in [-0.05, 0) is 36.2 Å². The number of aromatic nitrogens is 1. The van der Waals surface area contributed by atoms with Crippen LogP contribution in [0.2, 0.25) is 0 Å². The molecule has 0 fully saturated rings. The minimum atomic E-state index is -4.45. The summed E-state index contributed by atoms with van der Waals surface area (Å²) < 4.78 is 49.7. The number of aryl methyl sites for hydroxylation is 1. The van der Waals surface area contributed by atoms with Gasteiger partial charge in [0.2, 0.25) is 0 Å². The van der Waals surface area contributed by atoms with Crippen LogP contribution >= 0.6 is 0 Å². The van der Waals surface area contributed by atoms with E-state index in [1.165, 1.54) is 6.07 Å². The standard InChI is InChI=1S/C14H13F3N2OS/c15-14(16,17)11-3-4-13(12(18)8-11)21(20)7-5-10-2-1-6-19-9-10/h1-4,6,8-9H,5,7,18H2. The van der Waals surface area contributed by atoms with Gasteiger partial charge in [0.1, 0.15) is 0 Å². The quantitative estimate of drug-likeness (QED) is 0.883. The lowest BCUT2D eigenvalue weighted by atomic mass is 10.2. The molecular weight excluding hydrogens is 301 g/mol. The molecule has 1 unspecified atom stereocenters. The number of hydrogen-bond acceptors (Lipinski definition) is 3. The second-order valence-corrected chi connectivity index (χ2v) is 5.95. The van der Waals surface area contributed by atoms with Crippen LogP contribution in [0.25, 0.3) is 0 Å². The van der Waals surface area contributed by atoms with Crippen LogP contribution in [0.15, 0.2) is 47.6 Å². The average molecular weight is 314 g/mol. The first kappa shape index (κ1) is 15.5. The summed E-state index contributed by atoms with van der Waals surface area (Å²) >= 11 is 0. The average Bonchev–Trinajstić information content (AvgIpc) is 2.45. The Kier molecular flexibility index (Phi) is 4.62. The number of rotatable bonds is 4. The molecule has 0 bridgehead atoms. The van der Waals surface area contributed by atoms with Crippen molar-refractivity contribution < 1.29 is 17.4 Å². The lowest BCUT2D eigenvalue weighted by Gasteiger charge is -2.10. The summed E-state index contributed by atoms with van der Waals surface area (Å²) in [6.07, 6.45) is -0.646. The Morgan fingerprint density at radius 1 is 1.24 bits per heavy atom. The topological polar surface area (TPSA) is 56.0 Å². The number of benzene rings is 1. The molecule has 0 amide bonds. The number of hydrogen-bond donors (Lipinski definition) is 1. The highest BCUT2D eigenvalue weighted by Gasteiger charge is 2.31. The summed E-state index contributed by atoms with van der Waals surface area (Å²) in [4.78, 5) is 4.17. The van der Waals surface area contributed by atoms with Gasteiger partial charge in [0.25, 0.3) is 0 Å². The van der Waals surface area contributed by atoms with E-state index in [1.54, 1.807) is 18.5 Å². The molecule has 0 saturated carbocycles. The van der Waals surface area contributed by atoms with Gasteiger partial charge in [0.05, 0.1) is 21.3 Å². The molecule has 112 valence electrons. The van der Waals surface area contributed by atoms with Gasteiger partial charge < -0.3 is 5.73 Å². The molecule has 0 aliphatic carbocycles. The Bertz CT molecular complexity index is 644. The molecule has 1 aromatic carbocycles. The van der Waals surface area contributed by atoms with Gasteiger partial charge in [0, 0.05) is 23.8 Å². The fourth-order valence-corrected chi connectivity index (χ4v) is 2.98. The molecule has 1 heterocycles. The number of nitrogens with two attached hydrogens (primary N) is 1. The lowest BCUT2D eigenvalue weighted by molar-refractivity contribution is -0.137. The van der Waals surface area contributed by atoms with Gasteiger partial charge in [0.15, 0.2) is 0 Å². The molecule has 2 aromatic rings. The summed E-state index contributed by atoms with van der Waals surface area (Å²) in [5.41, 5.74) is 5.55. The van der Waals surface area contributed by atoms with E-state index in [0.29, 0.717) is 6.42 Å². The molecule has 0 spiro atoms. The van der Waals surface area contributed by atoms with Gasteiger partial charge in [-0.3, -0.25) is 9.19 Å². The predicted molar refractivity (Wildman–Crippen MR) is 75.1 cm³/mol. The summed E-state index contributed by atoms with van der Waals surface area (Å²) in [6, 6.07) is 6.51. The van der Waals surface area contributed by atoms with Crippen molar-refractivity contribution in [3.05, 3.63) is 53.9 Å². The van der Waals surface area contributed by atoms with Gasteiger partial charge in [-0.15, -0.1) is 0 Å². The minimum Gasteiger partial charge on any atom is -0.398 e. The van der Waals surface area contributed by atoms with Crippen molar-refractivity contribution in [2.45, 2.75) is 17.5 Å². The van der Waals surface area contributed by atoms with E-state index in [-0.39, 0.29) is 16.3 Å². The zero-order valence-corrected chi connectivity index (χ0v) is 11.7. The van der Waals surface area contributed by atoms with Crippen LogP contribution in [0, 0.1) is 0 Å². The molecule has 2 rings (SSSR count). The van der Waals surface area contributed by atoms with E-state index >= 15 is 0 Å². The zero-order valence-electron chi connectivity index (χ0n) is 10.9. The summed E-state index contributed by atoms with van der Waals surface area (Å²) in [5, 5.41) is 0. The second kappa shape index (κ2) is 6.26. The van der Waals surface area contributed by atoms with Crippen LogP contribution in [-0.2, 0) is 23.4 Å².